The largest absolute Gasteiger partial charge is 0.469 e. The molecular formula is C12H16Cl2N2O2. The van der Waals surface area contributed by atoms with Crippen molar-refractivity contribution in [2.24, 2.45) is 0 Å². The highest BCUT2D eigenvalue weighted by Gasteiger charge is 2.02. The number of anilines is 1. The Labute approximate surface area is 117 Å². The summed E-state index contributed by atoms with van der Waals surface area (Å²) in [5.74, 6) is 0.472. The number of methoxy groups -OCH3 is 1. The molecule has 1 rings (SSSR count). The lowest BCUT2D eigenvalue weighted by atomic mass is 10.2. The summed E-state index contributed by atoms with van der Waals surface area (Å²) in [6.45, 7) is 0.759. The third-order valence-electron chi connectivity index (χ3n) is 2.39. The molecule has 1 heterocycles. The number of hydrogen-bond donors (Lipinski definition) is 1. The molecule has 0 aromatic carbocycles. The molecule has 0 bridgehead atoms. The molecule has 0 saturated heterocycles. The van der Waals surface area contributed by atoms with Gasteiger partial charge in [-0.3, -0.25) is 4.79 Å². The normalized spacial score (nSPS) is 10.2. The highest BCUT2D eigenvalue weighted by molar-refractivity contribution is 6.35. The highest BCUT2D eigenvalue weighted by atomic mass is 35.5. The second-order valence-corrected chi connectivity index (χ2v) is 4.64. The minimum Gasteiger partial charge on any atom is -0.469 e. The lowest BCUT2D eigenvalue weighted by molar-refractivity contribution is -0.140. The molecule has 0 aliphatic rings. The van der Waals surface area contributed by atoms with E-state index in [4.69, 9.17) is 23.2 Å². The molecule has 0 amide bonds. The van der Waals surface area contributed by atoms with Gasteiger partial charge in [0.05, 0.1) is 17.2 Å². The summed E-state index contributed by atoms with van der Waals surface area (Å²) in [5, 5.41) is 4.15. The molecule has 0 aliphatic carbocycles. The van der Waals surface area contributed by atoms with E-state index in [1.54, 1.807) is 12.3 Å². The van der Waals surface area contributed by atoms with E-state index in [0.29, 0.717) is 22.3 Å². The predicted molar refractivity (Wildman–Crippen MR) is 73.2 cm³/mol. The standard InChI is InChI=1S/C12H16Cl2N2O2/c1-18-11(17)5-3-2-4-6-15-12-10(14)7-9(13)8-16-12/h7-8H,2-6H2,1H3,(H,15,16). The van der Waals surface area contributed by atoms with Gasteiger partial charge in [-0.25, -0.2) is 4.98 Å². The van der Waals surface area contributed by atoms with Gasteiger partial charge in [-0.05, 0) is 18.9 Å². The van der Waals surface area contributed by atoms with Gasteiger partial charge in [0, 0.05) is 19.2 Å². The Morgan fingerprint density at radius 1 is 1.39 bits per heavy atom. The third kappa shape index (κ3) is 5.56. The van der Waals surface area contributed by atoms with Crippen LogP contribution in [0.3, 0.4) is 0 Å². The lowest BCUT2D eigenvalue weighted by Crippen LogP contribution is -2.04. The van der Waals surface area contributed by atoms with Crippen molar-refractivity contribution in [2.45, 2.75) is 25.7 Å². The third-order valence-corrected chi connectivity index (χ3v) is 2.88. The summed E-state index contributed by atoms with van der Waals surface area (Å²) in [5.41, 5.74) is 0. The first-order valence-corrected chi connectivity index (χ1v) is 6.51. The first-order chi connectivity index (χ1) is 8.63. The molecule has 18 heavy (non-hydrogen) atoms. The molecule has 0 spiro atoms. The van der Waals surface area contributed by atoms with Crippen molar-refractivity contribution in [1.29, 1.82) is 0 Å². The van der Waals surface area contributed by atoms with Gasteiger partial charge in [-0.2, -0.15) is 0 Å². The summed E-state index contributed by atoms with van der Waals surface area (Å²) >= 11 is 11.7. The number of unbranched alkanes of at least 4 members (excludes halogenated alkanes) is 2. The number of ether oxygens (including phenoxy) is 1. The van der Waals surface area contributed by atoms with Crippen molar-refractivity contribution >= 4 is 35.0 Å². The van der Waals surface area contributed by atoms with Crippen LogP contribution < -0.4 is 5.32 Å². The topological polar surface area (TPSA) is 51.2 Å². The van der Waals surface area contributed by atoms with E-state index in [0.717, 1.165) is 25.8 Å². The first-order valence-electron chi connectivity index (χ1n) is 5.75. The highest BCUT2D eigenvalue weighted by Crippen LogP contribution is 2.22. The number of nitrogens with one attached hydrogen (secondary N) is 1. The Hall–Kier alpha value is -1.000. The molecule has 1 aromatic heterocycles. The van der Waals surface area contributed by atoms with Gasteiger partial charge < -0.3 is 10.1 Å². The summed E-state index contributed by atoms with van der Waals surface area (Å²) in [6.07, 6.45) is 4.74. The Bertz CT molecular complexity index is 400. The number of rotatable bonds is 7. The number of pyridine rings is 1. The molecule has 0 aliphatic heterocycles. The zero-order valence-electron chi connectivity index (χ0n) is 10.2. The second kappa shape index (κ2) is 8.16. The zero-order valence-corrected chi connectivity index (χ0v) is 11.7. The molecule has 0 unspecified atom stereocenters. The van der Waals surface area contributed by atoms with E-state index >= 15 is 0 Å². The average Bonchev–Trinajstić information content (AvgIpc) is 2.35. The molecular weight excluding hydrogens is 275 g/mol. The fourth-order valence-electron chi connectivity index (χ4n) is 1.42. The molecule has 4 nitrogen and oxygen atoms in total. The molecule has 1 aromatic rings. The fourth-order valence-corrected chi connectivity index (χ4v) is 1.87. The molecule has 0 atom stereocenters. The van der Waals surface area contributed by atoms with Crippen LogP contribution in [0.2, 0.25) is 10.0 Å². The Morgan fingerprint density at radius 3 is 2.83 bits per heavy atom. The van der Waals surface area contributed by atoms with Crippen molar-refractivity contribution in [1.82, 2.24) is 4.98 Å². The number of hydrogen-bond acceptors (Lipinski definition) is 4. The summed E-state index contributed by atoms with van der Waals surface area (Å²) in [7, 11) is 1.40. The summed E-state index contributed by atoms with van der Waals surface area (Å²) < 4.78 is 4.56. The van der Waals surface area contributed by atoms with Crippen molar-refractivity contribution in [2.75, 3.05) is 19.0 Å². The van der Waals surface area contributed by atoms with Gasteiger partial charge in [-0.1, -0.05) is 29.6 Å². The Kier molecular flexibility index (Phi) is 6.83. The van der Waals surface area contributed by atoms with Crippen LogP contribution in [0.25, 0.3) is 0 Å². The number of carbonyl (C=O) groups excluding carboxylic acids is 1. The second-order valence-electron chi connectivity index (χ2n) is 3.80. The van der Waals surface area contributed by atoms with E-state index in [2.05, 4.69) is 15.0 Å². The van der Waals surface area contributed by atoms with Crippen LogP contribution in [0.4, 0.5) is 5.82 Å². The van der Waals surface area contributed by atoms with Crippen LogP contribution in [-0.4, -0.2) is 24.6 Å². The van der Waals surface area contributed by atoms with E-state index in [9.17, 15) is 4.79 Å². The number of halogens is 2. The zero-order chi connectivity index (χ0) is 13.4. The number of carbonyl (C=O) groups is 1. The van der Waals surface area contributed by atoms with Gasteiger partial charge in [0.15, 0.2) is 0 Å². The maximum Gasteiger partial charge on any atom is 0.305 e. The number of esters is 1. The van der Waals surface area contributed by atoms with E-state index in [-0.39, 0.29) is 5.97 Å². The minimum atomic E-state index is -0.162. The SMILES string of the molecule is COC(=O)CCCCCNc1ncc(Cl)cc1Cl. The summed E-state index contributed by atoms with van der Waals surface area (Å²) in [6, 6.07) is 1.65. The van der Waals surface area contributed by atoms with Crippen LogP contribution in [0.1, 0.15) is 25.7 Å². The molecule has 6 heteroatoms. The van der Waals surface area contributed by atoms with Crippen LogP contribution >= 0.6 is 23.2 Å². The molecule has 0 radical (unpaired) electrons. The maximum atomic E-state index is 10.9. The quantitative estimate of drug-likeness (QED) is 0.616. The van der Waals surface area contributed by atoms with Crippen molar-refractivity contribution < 1.29 is 9.53 Å². The number of nitrogens with zero attached hydrogens (tertiary/aromatic N) is 1. The van der Waals surface area contributed by atoms with Crippen molar-refractivity contribution in [3.05, 3.63) is 22.3 Å². The summed E-state index contributed by atoms with van der Waals surface area (Å²) in [4.78, 5) is 15.0. The van der Waals surface area contributed by atoms with Gasteiger partial charge in [0.2, 0.25) is 0 Å². The van der Waals surface area contributed by atoms with Gasteiger partial charge in [0.1, 0.15) is 5.82 Å². The number of aromatic nitrogens is 1. The molecule has 100 valence electrons. The average molecular weight is 291 g/mol. The monoisotopic (exact) mass is 290 g/mol. The lowest BCUT2D eigenvalue weighted by Gasteiger charge is -2.07. The molecule has 0 saturated carbocycles. The Morgan fingerprint density at radius 2 is 2.17 bits per heavy atom. The van der Waals surface area contributed by atoms with Gasteiger partial charge in [0.25, 0.3) is 0 Å². The molecule has 1 N–H and O–H groups in total. The first kappa shape index (κ1) is 15.1. The minimum absolute atomic E-state index is 0.162. The van der Waals surface area contributed by atoms with Crippen LogP contribution in [0, 0.1) is 0 Å². The molecule has 0 fully saturated rings. The smallest absolute Gasteiger partial charge is 0.305 e. The van der Waals surface area contributed by atoms with Crippen molar-refractivity contribution in [3.8, 4) is 0 Å². The Balaban J connectivity index is 2.16. The van der Waals surface area contributed by atoms with E-state index < -0.39 is 0 Å². The predicted octanol–water partition coefficient (Wildman–Crippen LogP) is 3.53. The fraction of sp³-hybridized carbons (Fsp3) is 0.500. The van der Waals surface area contributed by atoms with Crippen molar-refractivity contribution in [3.63, 3.8) is 0 Å². The van der Waals surface area contributed by atoms with Crippen LogP contribution in [0.15, 0.2) is 12.3 Å². The van der Waals surface area contributed by atoms with Crippen LogP contribution in [-0.2, 0) is 9.53 Å². The maximum absolute atomic E-state index is 10.9. The van der Waals surface area contributed by atoms with Gasteiger partial charge in [-0.15, -0.1) is 0 Å². The van der Waals surface area contributed by atoms with Gasteiger partial charge >= 0.3 is 5.97 Å². The van der Waals surface area contributed by atoms with Crippen LogP contribution in [0.5, 0.6) is 0 Å². The van der Waals surface area contributed by atoms with E-state index in [1.165, 1.54) is 7.11 Å². The van der Waals surface area contributed by atoms with E-state index in [1.807, 2.05) is 0 Å².